The van der Waals surface area contributed by atoms with E-state index in [1.54, 1.807) is 30.4 Å². The second-order valence-electron chi connectivity index (χ2n) is 8.96. The van der Waals surface area contributed by atoms with E-state index in [1.807, 2.05) is 0 Å². The number of ketones is 1. The van der Waals surface area contributed by atoms with E-state index in [0.29, 0.717) is 24.4 Å². The molecule has 5 rings (SSSR count). The number of benzene rings is 1. The highest BCUT2D eigenvalue weighted by Gasteiger charge is 2.53. The normalized spacial score (nSPS) is 27.6. The molecule has 0 aromatic heterocycles. The number of alkyl halides is 2. The fourth-order valence-corrected chi connectivity index (χ4v) is 5.25. The molecule has 7 nitrogen and oxygen atoms in total. The van der Waals surface area contributed by atoms with Crippen molar-refractivity contribution in [2.45, 2.75) is 30.5 Å². The molecule has 0 radical (unpaired) electrons. The molecule has 2 N–H and O–H groups in total. The Bertz CT molecular complexity index is 1150. The summed E-state index contributed by atoms with van der Waals surface area (Å²) in [5, 5.41) is 12.0. The van der Waals surface area contributed by atoms with E-state index < -0.39 is 47.1 Å². The average Bonchev–Trinajstić information content (AvgIpc) is 3.48. The molecule has 178 valence electrons. The summed E-state index contributed by atoms with van der Waals surface area (Å²) >= 11 is 0. The van der Waals surface area contributed by atoms with Gasteiger partial charge in [0.1, 0.15) is 0 Å². The Kier molecular flexibility index (Phi) is 5.49. The number of hydrogen-bond donors (Lipinski definition) is 2. The number of carboxylic acids is 1. The minimum Gasteiger partial charge on any atom is -0.481 e. The summed E-state index contributed by atoms with van der Waals surface area (Å²) in [6, 6.07) is 6.35. The van der Waals surface area contributed by atoms with Crippen molar-refractivity contribution in [3.63, 3.8) is 0 Å². The number of carbonyl (C=O) groups excluding carboxylic acids is 2. The van der Waals surface area contributed by atoms with Crippen LogP contribution < -0.4 is 5.32 Å². The average molecular weight is 471 g/mol. The first-order chi connectivity index (χ1) is 16.2. The van der Waals surface area contributed by atoms with Crippen LogP contribution in [0.25, 0.3) is 0 Å². The molecule has 2 unspecified atom stereocenters. The summed E-state index contributed by atoms with van der Waals surface area (Å²) in [7, 11) is 0. The molecule has 1 amide bonds. The van der Waals surface area contributed by atoms with Gasteiger partial charge in [-0.25, -0.2) is 8.78 Å². The maximum Gasteiger partial charge on any atom is 0.310 e. The lowest BCUT2D eigenvalue weighted by Crippen LogP contribution is -2.32. The van der Waals surface area contributed by atoms with Gasteiger partial charge < -0.3 is 19.9 Å². The first-order valence-corrected chi connectivity index (χ1v) is 11.1. The number of allylic oxidation sites excluding steroid dienone is 2. The van der Waals surface area contributed by atoms with Crippen LogP contribution in [0.15, 0.2) is 59.7 Å². The number of ether oxygens (including phenoxy) is 2. The van der Waals surface area contributed by atoms with Gasteiger partial charge >= 0.3 is 5.97 Å². The van der Waals surface area contributed by atoms with Crippen molar-refractivity contribution in [3.05, 3.63) is 70.8 Å². The zero-order valence-corrected chi connectivity index (χ0v) is 18.1. The molecule has 1 aromatic rings. The van der Waals surface area contributed by atoms with Crippen molar-refractivity contribution in [1.82, 2.24) is 5.32 Å². The fourth-order valence-electron chi connectivity index (χ4n) is 5.25. The van der Waals surface area contributed by atoms with Gasteiger partial charge in [-0.3, -0.25) is 14.4 Å². The third-order valence-corrected chi connectivity index (χ3v) is 6.85. The number of hydrogen-bond acceptors (Lipinski definition) is 5. The van der Waals surface area contributed by atoms with Crippen LogP contribution in [-0.2, 0) is 29.8 Å². The van der Waals surface area contributed by atoms with E-state index in [-0.39, 0.29) is 30.5 Å². The number of aliphatic carboxylic acids is 1. The van der Waals surface area contributed by atoms with Gasteiger partial charge in [-0.1, -0.05) is 42.5 Å². The Balaban J connectivity index is 1.23. The molecule has 3 aliphatic carbocycles. The van der Waals surface area contributed by atoms with E-state index in [1.165, 1.54) is 18.2 Å². The first-order valence-electron chi connectivity index (χ1n) is 11.1. The highest BCUT2D eigenvalue weighted by atomic mass is 19.3. The third-order valence-electron chi connectivity index (χ3n) is 6.85. The highest BCUT2D eigenvalue weighted by Crippen LogP contribution is 2.55. The number of rotatable bonds is 6. The smallest absolute Gasteiger partial charge is 0.310 e. The summed E-state index contributed by atoms with van der Waals surface area (Å²) in [5.41, 5.74) is 0.951. The minimum atomic E-state index is -3.10. The molecule has 0 bridgehead atoms. The van der Waals surface area contributed by atoms with Crippen molar-refractivity contribution < 1.29 is 37.7 Å². The van der Waals surface area contributed by atoms with Gasteiger partial charge in [0.25, 0.3) is 11.8 Å². The Labute approximate surface area is 194 Å². The maximum atomic E-state index is 14.9. The fraction of sp³-hybridized carbons (Fsp3) is 0.400. The van der Waals surface area contributed by atoms with E-state index in [9.17, 15) is 28.3 Å². The Morgan fingerprint density at radius 3 is 2.62 bits per heavy atom. The van der Waals surface area contributed by atoms with Crippen molar-refractivity contribution in [1.29, 1.82) is 0 Å². The van der Waals surface area contributed by atoms with Gasteiger partial charge in [-0.2, -0.15) is 0 Å². The molecule has 1 saturated heterocycles. The number of carboxylic acid groups (broad SMARTS) is 1. The number of amides is 1. The monoisotopic (exact) mass is 471 g/mol. The zero-order valence-electron chi connectivity index (χ0n) is 18.1. The van der Waals surface area contributed by atoms with Gasteiger partial charge in [0.05, 0.1) is 31.6 Å². The molecule has 1 fully saturated rings. The SMILES string of the molecule is O=C(CNC(=O)C1=CC2C(C=C1)c1ccccc1C2(F)F)CC1=CC2(C[C@H]1C(=O)O)OCCO2. The predicted octanol–water partition coefficient (Wildman–Crippen LogP) is 2.84. The lowest BCUT2D eigenvalue weighted by molar-refractivity contribution is -0.149. The first kappa shape index (κ1) is 22.6. The van der Waals surface area contributed by atoms with Crippen LogP contribution in [0, 0.1) is 11.8 Å². The maximum absolute atomic E-state index is 14.9. The number of nitrogens with one attached hydrogen (secondary N) is 1. The van der Waals surface area contributed by atoms with Crippen molar-refractivity contribution >= 4 is 17.7 Å². The lowest BCUT2D eigenvalue weighted by atomic mass is 9.85. The van der Waals surface area contributed by atoms with Gasteiger partial charge in [0, 0.05) is 29.9 Å². The van der Waals surface area contributed by atoms with E-state index in [4.69, 9.17) is 9.47 Å². The molecule has 34 heavy (non-hydrogen) atoms. The van der Waals surface area contributed by atoms with Gasteiger partial charge in [-0.05, 0) is 17.2 Å². The molecule has 1 aliphatic heterocycles. The van der Waals surface area contributed by atoms with Crippen molar-refractivity contribution in [2.75, 3.05) is 19.8 Å². The van der Waals surface area contributed by atoms with Crippen LogP contribution in [0.2, 0.25) is 0 Å². The van der Waals surface area contributed by atoms with Crippen molar-refractivity contribution in [3.8, 4) is 0 Å². The third kappa shape index (κ3) is 3.78. The van der Waals surface area contributed by atoms with Gasteiger partial charge in [0.2, 0.25) is 0 Å². The molecular weight excluding hydrogens is 448 g/mol. The summed E-state index contributed by atoms with van der Waals surface area (Å²) < 4.78 is 40.9. The minimum absolute atomic E-state index is 0.0337. The molecule has 9 heteroatoms. The van der Waals surface area contributed by atoms with E-state index >= 15 is 0 Å². The second kappa shape index (κ2) is 8.25. The van der Waals surface area contributed by atoms with Crippen LogP contribution in [-0.4, -0.2) is 48.3 Å². The van der Waals surface area contributed by atoms with Gasteiger partial charge in [-0.15, -0.1) is 0 Å². The van der Waals surface area contributed by atoms with E-state index in [0.717, 1.165) is 0 Å². The van der Waals surface area contributed by atoms with Crippen LogP contribution in [0.1, 0.15) is 29.9 Å². The Morgan fingerprint density at radius 1 is 1.15 bits per heavy atom. The molecule has 0 saturated carbocycles. The highest BCUT2D eigenvalue weighted by molar-refractivity contribution is 5.99. The molecule has 4 aliphatic rings. The number of fused-ring (bicyclic) bond motifs is 3. The Morgan fingerprint density at radius 2 is 1.88 bits per heavy atom. The summed E-state index contributed by atoms with van der Waals surface area (Å²) in [6.45, 7) is 0.330. The van der Waals surface area contributed by atoms with Crippen LogP contribution in [0.5, 0.6) is 0 Å². The summed E-state index contributed by atoms with van der Waals surface area (Å²) in [5.74, 6) is -8.93. The van der Waals surface area contributed by atoms with Crippen molar-refractivity contribution in [2.24, 2.45) is 11.8 Å². The number of halogens is 2. The lowest BCUT2D eigenvalue weighted by Gasteiger charge is -2.24. The molecule has 1 heterocycles. The van der Waals surface area contributed by atoms with E-state index in [2.05, 4.69) is 5.32 Å². The van der Waals surface area contributed by atoms with Crippen LogP contribution in [0.4, 0.5) is 8.78 Å². The van der Waals surface area contributed by atoms with Gasteiger partial charge in [0.15, 0.2) is 11.6 Å². The largest absolute Gasteiger partial charge is 0.481 e. The number of Topliss-reactive ketones (excluding diaryl/α,β-unsaturated/α-hetero) is 1. The quantitative estimate of drug-likeness (QED) is 0.619. The zero-order chi connectivity index (χ0) is 24.1. The topological polar surface area (TPSA) is 102 Å². The molecule has 1 spiro atoms. The standard InChI is InChI=1S/C25H23F2NO6/c26-25(27)20-4-2-1-3-17(20)18-6-5-14(10-21(18)25)22(30)28-13-16(29)9-15-11-24(33-7-8-34-24)12-19(15)23(31)32/h1-6,10-11,18-19,21H,7-9,12-13H2,(H,28,30)(H,31,32)/t18?,19-,21?/m1/s1. The second-order valence-corrected chi connectivity index (χ2v) is 8.96. The molecule has 3 atom stereocenters. The molecule has 1 aromatic carbocycles. The summed E-state index contributed by atoms with van der Waals surface area (Å²) in [6.07, 6.45) is 5.82. The number of carbonyl (C=O) groups is 3. The Hall–Kier alpha value is -3.17. The molecular formula is C25H23F2NO6. The summed E-state index contributed by atoms with van der Waals surface area (Å²) in [4.78, 5) is 36.7. The predicted molar refractivity (Wildman–Crippen MR) is 115 cm³/mol. The van der Waals surface area contributed by atoms with Crippen LogP contribution in [0.3, 0.4) is 0 Å². The van der Waals surface area contributed by atoms with Crippen LogP contribution >= 0.6 is 0 Å².